The summed E-state index contributed by atoms with van der Waals surface area (Å²) < 4.78 is 86.5. The first-order chi connectivity index (χ1) is 23.5. The van der Waals surface area contributed by atoms with Crippen molar-refractivity contribution in [3.05, 3.63) is 87.5 Å². The molecule has 11 heteroatoms. The highest BCUT2D eigenvalue weighted by Gasteiger charge is 2.44. The van der Waals surface area contributed by atoms with Gasteiger partial charge in [0.2, 0.25) is 11.9 Å². The first kappa shape index (κ1) is 36.3. The maximum atomic E-state index is 17.2. The van der Waals surface area contributed by atoms with Crippen molar-refractivity contribution in [2.75, 3.05) is 18.0 Å². The van der Waals surface area contributed by atoms with Crippen LogP contribution in [0.25, 0.3) is 6.08 Å². The molecule has 2 aromatic heterocycles. The topological polar surface area (TPSA) is 62.1 Å². The number of nitrogens with zero attached hydrogens (tertiary/aromatic N) is 4. The number of hydrogen-bond acceptors (Lipinski definition) is 5. The quantitative estimate of drug-likeness (QED) is 0.249. The molecule has 0 unspecified atom stereocenters. The Morgan fingerprint density at radius 3 is 2.12 bits per heavy atom. The van der Waals surface area contributed by atoms with Crippen molar-refractivity contribution in [3.63, 3.8) is 0 Å². The van der Waals surface area contributed by atoms with Gasteiger partial charge in [-0.3, -0.25) is 4.98 Å². The van der Waals surface area contributed by atoms with Crippen LogP contribution in [-0.2, 0) is 12.6 Å². The first-order valence-corrected chi connectivity index (χ1v) is 17.7. The van der Waals surface area contributed by atoms with Crippen molar-refractivity contribution in [3.8, 4) is 0 Å². The van der Waals surface area contributed by atoms with Gasteiger partial charge in [-0.2, -0.15) is 13.2 Å². The van der Waals surface area contributed by atoms with Gasteiger partial charge in [0.25, 0.3) is 0 Å². The van der Waals surface area contributed by atoms with Crippen molar-refractivity contribution >= 4 is 12.0 Å². The van der Waals surface area contributed by atoms with Crippen molar-refractivity contribution in [1.29, 1.82) is 0 Å². The molecule has 2 aliphatic carbocycles. The Morgan fingerprint density at radius 2 is 1.54 bits per heavy atom. The lowest BCUT2D eigenvalue weighted by Crippen LogP contribution is -2.36. The van der Waals surface area contributed by atoms with E-state index in [1.54, 1.807) is 12.4 Å². The Bertz CT molecular complexity index is 1670. The van der Waals surface area contributed by atoms with E-state index in [0.717, 1.165) is 29.8 Å². The van der Waals surface area contributed by atoms with Gasteiger partial charge >= 0.3 is 6.18 Å². The molecule has 1 aromatic carbocycles. The van der Waals surface area contributed by atoms with E-state index < -0.39 is 35.9 Å². The van der Waals surface area contributed by atoms with Gasteiger partial charge in [0.1, 0.15) is 0 Å². The van der Waals surface area contributed by atoms with E-state index in [1.165, 1.54) is 0 Å². The number of allylic oxidation sites excluding steroid dienone is 1. The molecule has 1 N–H and O–H groups in total. The summed E-state index contributed by atoms with van der Waals surface area (Å²) in [5.74, 6) is -2.49. The molecule has 0 radical (unpaired) electrons. The van der Waals surface area contributed by atoms with Crippen LogP contribution in [0.2, 0.25) is 0 Å². The van der Waals surface area contributed by atoms with Gasteiger partial charge in [0.15, 0.2) is 6.17 Å². The maximum Gasteiger partial charge on any atom is 0.416 e. The number of benzene rings is 1. The van der Waals surface area contributed by atoms with Crippen LogP contribution in [0.3, 0.4) is 0 Å². The molecule has 5 nitrogen and oxygen atoms in total. The largest absolute Gasteiger partial charge is 0.416 e. The van der Waals surface area contributed by atoms with Crippen LogP contribution in [-0.4, -0.2) is 39.1 Å². The lowest BCUT2D eigenvalue weighted by Gasteiger charge is -2.41. The SMILES string of the molecule is CC(C)/C=C/c1cnc(N2CCC(c3nc4c(c(C5CCC(F)(F)CC5)c3[C@@H](F)c3ccc(C(F)(F)F)cc3)[C@@H](O)CC(C)(C)C4)CC2)nc1. The minimum atomic E-state index is -4.58. The van der Waals surface area contributed by atoms with Crippen LogP contribution in [0.4, 0.5) is 32.3 Å². The highest BCUT2D eigenvalue weighted by molar-refractivity contribution is 5.52. The average Bonchev–Trinajstić information content (AvgIpc) is 3.06. The molecule has 3 aromatic rings. The highest BCUT2D eigenvalue weighted by Crippen LogP contribution is 2.52. The molecular weight excluding hydrogens is 654 g/mol. The number of alkyl halides is 6. The molecular formula is C39H46F6N4O. The van der Waals surface area contributed by atoms with Gasteiger partial charge in [-0.05, 0) is 79.0 Å². The van der Waals surface area contributed by atoms with Gasteiger partial charge in [-0.25, -0.2) is 23.1 Å². The number of rotatable bonds is 7. The summed E-state index contributed by atoms with van der Waals surface area (Å²) in [5.41, 5.74) is 2.21. The predicted octanol–water partition coefficient (Wildman–Crippen LogP) is 10.3. The van der Waals surface area contributed by atoms with E-state index in [-0.39, 0.29) is 48.1 Å². The Kier molecular flexibility index (Phi) is 10.1. The van der Waals surface area contributed by atoms with Gasteiger partial charge in [0.05, 0.1) is 17.4 Å². The number of piperidine rings is 1. The summed E-state index contributed by atoms with van der Waals surface area (Å²) in [5, 5.41) is 11.6. The number of fused-ring (bicyclic) bond motifs is 1. The summed E-state index contributed by atoms with van der Waals surface area (Å²) >= 11 is 0. The van der Waals surface area contributed by atoms with Gasteiger partial charge in [0, 0.05) is 66.6 Å². The molecule has 0 amide bonds. The summed E-state index contributed by atoms with van der Waals surface area (Å²) in [4.78, 5) is 16.4. The molecule has 6 rings (SSSR count). The summed E-state index contributed by atoms with van der Waals surface area (Å²) in [7, 11) is 0. The number of anilines is 1. The smallest absolute Gasteiger partial charge is 0.388 e. The second-order valence-electron chi connectivity index (χ2n) is 15.5. The Balaban J connectivity index is 1.41. The van der Waals surface area contributed by atoms with Crippen molar-refractivity contribution in [2.24, 2.45) is 11.3 Å². The van der Waals surface area contributed by atoms with Gasteiger partial charge in [-0.15, -0.1) is 0 Å². The molecule has 0 spiro atoms. The number of aliphatic hydroxyl groups is 1. The second kappa shape index (κ2) is 13.9. The number of aliphatic hydroxyl groups excluding tert-OH is 1. The minimum absolute atomic E-state index is 0.0338. The summed E-state index contributed by atoms with van der Waals surface area (Å²) in [6.45, 7) is 9.40. The molecule has 1 aliphatic heterocycles. The molecule has 2 atom stereocenters. The normalized spacial score (nSPS) is 22.2. The van der Waals surface area contributed by atoms with E-state index in [0.29, 0.717) is 73.2 Å². The van der Waals surface area contributed by atoms with Crippen LogP contribution in [0.15, 0.2) is 42.7 Å². The first-order valence-electron chi connectivity index (χ1n) is 17.7. The van der Waals surface area contributed by atoms with Gasteiger partial charge < -0.3 is 10.0 Å². The lowest BCUT2D eigenvalue weighted by atomic mass is 9.68. The fourth-order valence-corrected chi connectivity index (χ4v) is 7.95. The van der Waals surface area contributed by atoms with Crippen LogP contribution in [0.1, 0.15) is 142 Å². The van der Waals surface area contributed by atoms with E-state index >= 15 is 4.39 Å². The summed E-state index contributed by atoms with van der Waals surface area (Å²) in [6, 6.07) is 4.03. The monoisotopic (exact) mass is 700 g/mol. The number of halogens is 6. The number of hydrogen-bond donors (Lipinski definition) is 1. The Hall–Kier alpha value is -3.47. The maximum absolute atomic E-state index is 17.2. The third-order valence-corrected chi connectivity index (χ3v) is 10.6. The van der Waals surface area contributed by atoms with E-state index in [2.05, 4.69) is 34.8 Å². The zero-order chi connectivity index (χ0) is 36.0. The standard InChI is InChI=1S/C39H46F6N4O/c1-23(2)5-6-24-21-46-36(47-22-24)49-17-13-27(14-18-49)35-33(34(40)26-7-9-28(10-8-26)39(43,44)45)31(25-11-15-38(41,42)16-12-25)32-29(48-35)19-37(3,4)20-30(32)50/h5-10,21-23,25,27,30,34,50H,11-20H2,1-4H3/b6-5+/t30-,34-/m0/s1. The minimum Gasteiger partial charge on any atom is -0.388 e. The summed E-state index contributed by atoms with van der Waals surface area (Å²) in [6.07, 6.45) is 1.83. The van der Waals surface area contributed by atoms with E-state index in [9.17, 15) is 27.1 Å². The molecule has 3 heterocycles. The van der Waals surface area contributed by atoms with Crippen LogP contribution < -0.4 is 4.90 Å². The molecule has 3 aliphatic rings. The molecule has 0 bridgehead atoms. The molecule has 50 heavy (non-hydrogen) atoms. The third-order valence-electron chi connectivity index (χ3n) is 10.6. The number of aromatic nitrogens is 3. The van der Waals surface area contributed by atoms with Crippen LogP contribution in [0.5, 0.6) is 0 Å². The molecule has 1 saturated carbocycles. The molecule has 1 saturated heterocycles. The Labute approximate surface area is 290 Å². The van der Waals surface area contributed by atoms with Crippen LogP contribution in [0, 0.1) is 11.3 Å². The predicted molar refractivity (Wildman–Crippen MR) is 182 cm³/mol. The lowest BCUT2D eigenvalue weighted by molar-refractivity contribution is -0.137. The second-order valence-corrected chi connectivity index (χ2v) is 15.5. The molecule has 270 valence electrons. The van der Waals surface area contributed by atoms with Crippen molar-refractivity contribution in [2.45, 2.75) is 115 Å². The number of pyridine rings is 1. The van der Waals surface area contributed by atoms with Crippen LogP contribution >= 0.6 is 0 Å². The average molecular weight is 701 g/mol. The van der Waals surface area contributed by atoms with E-state index in [4.69, 9.17) is 4.98 Å². The fourth-order valence-electron chi connectivity index (χ4n) is 7.95. The zero-order valence-corrected chi connectivity index (χ0v) is 29.1. The molecule has 2 fully saturated rings. The van der Waals surface area contributed by atoms with Crippen molar-refractivity contribution < 1.29 is 31.4 Å². The highest BCUT2D eigenvalue weighted by atomic mass is 19.4. The fraction of sp³-hybridized carbons (Fsp3) is 0.564. The zero-order valence-electron chi connectivity index (χ0n) is 29.1. The third kappa shape index (κ3) is 7.87. The van der Waals surface area contributed by atoms with Gasteiger partial charge in [-0.1, -0.05) is 52.0 Å². The van der Waals surface area contributed by atoms with E-state index in [1.807, 2.05) is 19.9 Å². The Morgan fingerprint density at radius 1 is 0.920 bits per heavy atom. The van der Waals surface area contributed by atoms with Crippen molar-refractivity contribution in [1.82, 2.24) is 15.0 Å².